The van der Waals surface area contributed by atoms with Gasteiger partial charge in [-0.25, -0.2) is 4.79 Å². The fourth-order valence-corrected chi connectivity index (χ4v) is 6.69. The van der Waals surface area contributed by atoms with Crippen LogP contribution in [0.25, 0.3) is 0 Å². The van der Waals surface area contributed by atoms with Crippen molar-refractivity contribution in [3.63, 3.8) is 0 Å². The SMILES string of the molecule is CCc1cc(CN2CCC3(CC2)C2=CC(C)(C)c4c(cc(OC)cc4OC)CN2C(=O)N3C)cc(OC)c1. The van der Waals surface area contributed by atoms with Gasteiger partial charge in [0.2, 0.25) is 0 Å². The molecular formula is C31H41N3O4. The molecule has 5 rings (SSSR count). The lowest BCUT2D eigenvalue weighted by atomic mass is 9.77. The third-order valence-corrected chi connectivity index (χ3v) is 8.77. The first-order valence-electron chi connectivity index (χ1n) is 13.6. The Morgan fingerprint density at radius 1 is 0.895 bits per heavy atom. The molecule has 7 nitrogen and oxygen atoms in total. The summed E-state index contributed by atoms with van der Waals surface area (Å²) < 4.78 is 16.9. The molecule has 7 heteroatoms. The zero-order chi connectivity index (χ0) is 27.2. The summed E-state index contributed by atoms with van der Waals surface area (Å²) in [6.45, 7) is 9.85. The van der Waals surface area contributed by atoms with Gasteiger partial charge < -0.3 is 19.1 Å². The van der Waals surface area contributed by atoms with Crippen molar-refractivity contribution < 1.29 is 19.0 Å². The molecule has 3 aliphatic rings. The van der Waals surface area contributed by atoms with E-state index in [-0.39, 0.29) is 17.0 Å². The first-order chi connectivity index (χ1) is 18.1. The number of rotatable bonds is 6. The van der Waals surface area contributed by atoms with Gasteiger partial charge in [-0.1, -0.05) is 32.9 Å². The number of nitrogens with zero attached hydrogens (tertiary/aromatic N) is 3. The van der Waals surface area contributed by atoms with Crippen LogP contribution in [-0.4, -0.2) is 67.7 Å². The van der Waals surface area contributed by atoms with Crippen molar-refractivity contribution in [3.05, 3.63) is 64.4 Å². The molecule has 0 atom stereocenters. The van der Waals surface area contributed by atoms with Crippen LogP contribution < -0.4 is 14.2 Å². The van der Waals surface area contributed by atoms with Gasteiger partial charge in [-0.2, -0.15) is 0 Å². The summed E-state index contributed by atoms with van der Waals surface area (Å²) in [5.41, 5.74) is 5.26. The molecule has 2 aromatic carbocycles. The Bertz CT molecular complexity index is 1240. The number of ether oxygens (including phenoxy) is 3. The number of urea groups is 1. The molecule has 0 N–H and O–H groups in total. The molecule has 204 valence electrons. The Kier molecular flexibility index (Phi) is 6.84. The Morgan fingerprint density at radius 3 is 2.18 bits per heavy atom. The van der Waals surface area contributed by atoms with E-state index in [0.29, 0.717) is 6.54 Å². The molecule has 1 spiro atoms. The second kappa shape index (κ2) is 9.84. The highest BCUT2D eigenvalue weighted by molar-refractivity contribution is 5.83. The van der Waals surface area contributed by atoms with Crippen LogP contribution in [0.3, 0.4) is 0 Å². The maximum atomic E-state index is 13.7. The van der Waals surface area contributed by atoms with Gasteiger partial charge in [0.05, 0.1) is 33.4 Å². The zero-order valence-electron chi connectivity index (χ0n) is 23.9. The quantitative estimate of drug-likeness (QED) is 0.515. The number of allylic oxidation sites excluding steroid dienone is 1. The Morgan fingerprint density at radius 2 is 1.55 bits per heavy atom. The summed E-state index contributed by atoms with van der Waals surface area (Å²) in [4.78, 5) is 20.2. The van der Waals surface area contributed by atoms with E-state index in [2.05, 4.69) is 56.0 Å². The third kappa shape index (κ3) is 4.31. The van der Waals surface area contributed by atoms with E-state index in [9.17, 15) is 4.79 Å². The predicted octanol–water partition coefficient (Wildman–Crippen LogP) is 5.35. The van der Waals surface area contributed by atoms with Crippen LogP contribution in [-0.2, 0) is 24.9 Å². The lowest BCUT2D eigenvalue weighted by Gasteiger charge is -2.43. The van der Waals surface area contributed by atoms with Crippen molar-refractivity contribution in [2.24, 2.45) is 0 Å². The summed E-state index contributed by atoms with van der Waals surface area (Å²) in [7, 11) is 7.07. The number of carbonyl (C=O) groups is 1. The van der Waals surface area contributed by atoms with Crippen LogP contribution in [0.5, 0.6) is 17.2 Å². The minimum Gasteiger partial charge on any atom is -0.497 e. The molecule has 0 saturated carbocycles. The predicted molar refractivity (Wildman–Crippen MR) is 149 cm³/mol. The van der Waals surface area contributed by atoms with E-state index in [1.54, 1.807) is 21.3 Å². The Balaban J connectivity index is 1.45. The minimum atomic E-state index is -0.316. The summed E-state index contributed by atoms with van der Waals surface area (Å²) in [6.07, 6.45) is 5.10. The number of hydrogen-bond acceptors (Lipinski definition) is 5. The van der Waals surface area contributed by atoms with Crippen LogP contribution in [0.4, 0.5) is 4.79 Å². The van der Waals surface area contributed by atoms with Crippen LogP contribution in [0.1, 0.15) is 55.9 Å². The molecule has 0 aliphatic carbocycles. The minimum absolute atomic E-state index is 0.0653. The van der Waals surface area contributed by atoms with E-state index >= 15 is 0 Å². The lowest BCUT2D eigenvalue weighted by Crippen LogP contribution is -2.52. The maximum absolute atomic E-state index is 13.7. The second-order valence-corrected chi connectivity index (χ2v) is 11.4. The van der Waals surface area contributed by atoms with Crippen molar-refractivity contribution in [1.82, 2.24) is 14.7 Å². The molecular weight excluding hydrogens is 478 g/mol. The molecule has 0 radical (unpaired) electrons. The molecule has 2 aromatic rings. The van der Waals surface area contributed by atoms with Crippen molar-refractivity contribution in [1.29, 1.82) is 0 Å². The van der Waals surface area contributed by atoms with Crippen molar-refractivity contribution >= 4 is 6.03 Å². The Labute approximate surface area is 226 Å². The molecule has 3 aliphatic heterocycles. The van der Waals surface area contributed by atoms with Crippen molar-refractivity contribution in [3.8, 4) is 17.2 Å². The van der Waals surface area contributed by atoms with Gasteiger partial charge in [0.1, 0.15) is 17.2 Å². The van der Waals surface area contributed by atoms with Gasteiger partial charge in [0.25, 0.3) is 0 Å². The standard InChI is InChI=1S/C31H41N3O4/c1-8-21-13-22(15-24(14-21)36-5)19-33-11-9-31(10-12-33)27-18-30(2,3)28-23(20-34(27)29(35)32(31)4)16-25(37-6)17-26(28)38-7/h13-18H,8-12,19-20H2,1-7H3. The van der Waals surface area contributed by atoms with E-state index in [1.165, 1.54) is 11.1 Å². The molecule has 2 amide bonds. The van der Waals surface area contributed by atoms with Crippen LogP contribution in [0, 0.1) is 0 Å². The zero-order valence-corrected chi connectivity index (χ0v) is 23.9. The fraction of sp³-hybridized carbons (Fsp3) is 0.516. The van der Waals surface area contributed by atoms with E-state index < -0.39 is 0 Å². The molecule has 0 unspecified atom stereocenters. The smallest absolute Gasteiger partial charge is 0.325 e. The topological polar surface area (TPSA) is 54.5 Å². The number of hydrogen-bond donors (Lipinski definition) is 0. The number of aryl methyl sites for hydroxylation is 1. The number of carbonyl (C=O) groups excluding carboxylic acids is 1. The first kappa shape index (κ1) is 26.4. The molecule has 2 fully saturated rings. The van der Waals surface area contributed by atoms with Gasteiger partial charge in [0, 0.05) is 49.4 Å². The van der Waals surface area contributed by atoms with Gasteiger partial charge in [0.15, 0.2) is 0 Å². The van der Waals surface area contributed by atoms with E-state index in [1.807, 2.05) is 22.9 Å². The molecule has 38 heavy (non-hydrogen) atoms. The molecule has 3 heterocycles. The number of likely N-dealkylation sites (N-methyl/N-ethyl adjacent to an activating group) is 1. The van der Waals surface area contributed by atoms with E-state index in [4.69, 9.17) is 14.2 Å². The number of amides is 2. The van der Waals surface area contributed by atoms with Crippen molar-refractivity contribution in [2.45, 2.75) is 64.1 Å². The summed E-state index contributed by atoms with van der Waals surface area (Å²) in [6, 6.07) is 10.6. The number of benzene rings is 2. The summed E-state index contributed by atoms with van der Waals surface area (Å²) in [5.74, 6) is 2.46. The highest BCUT2D eigenvalue weighted by atomic mass is 16.5. The van der Waals surface area contributed by atoms with Gasteiger partial charge >= 0.3 is 6.03 Å². The summed E-state index contributed by atoms with van der Waals surface area (Å²) >= 11 is 0. The van der Waals surface area contributed by atoms with Gasteiger partial charge in [-0.15, -0.1) is 0 Å². The number of fused-ring (bicyclic) bond motifs is 3. The molecule has 2 saturated heterocycles. The average Bonchev–Trinajstić information content (AvgIpc) is 3.02. The van der Waals surface area contributed by atoms with Crippen LogP contribution in [0.2, 0.25) is 0 Å². The van der Waals surface area contributed by atoms with E-state index in [0.717, 1.165) is 73.0 Å². The Hall–Kier alpha value is -3.19. The fourth-order valence-electron chi connectivity index (χ4n) is 6.69. The molecule has 0 aromatic heterocycles. The second-order valence-electron chi connectivity index (χ2n) is 11.4. The van der Waals surface area contributed by atoms with Gasteiger partial charge in [-0.3, -0.25) is 9.80 Å². The largest absolute Gasteiger partial charge is 0.497 e. The number of likely N-dealkylation sites (tertiary alicyclic amines) is 1. The first-order valence-corrected chi connectivity index (χ1v) is 13.6. The lowest BCUT2D eigenvalue weighted by molar-refractivity contribution is 0.0998. The van der Waals surface area contributed by atoms with Crippen molar-refractivity contribution in [2.75, 3.05) is 41.5 Å². The maximum Gasteiger partial charge on any atom is 0.325 e. The summed E-state index contributed by atoms with van der Waals surface area (Å²) in [5, 5.41) is 0. The van der Waals surface area contributed by atoms with Gasteiger partial charge in [-0.05, 0) is 54.2 Å². The normalized spacial score (nSPS) is 20.1. The highest BCUT2D eigenvalue weighted by Crippen LogP contribution is 2.50. The van der Waals surface area contributed by atoms with Crippen LogP contribution >= 0.6 is 0 Å². The number of piperidine rings is 1. The monoisotopic (exact) mass is 519 g/mol. The molecule has 0 bridgehead atoms. The third-order valence-electron chi connectivity index (χ3n) is 8.77. The number of methoxy groups -OCH3 is 3. The average molecular weight is 520 g/mol. The van der Waals surface area contributed by atoms with Crippen LogP contribution in [0.15, 0.2) is 42.1 Å². The highest BCUT2D eigenvalue weighted by Gasteiger charge is 2.54.